The Morgan fingerprint density at radius 2 is 0.810 bits per heavy atom. The Hall–Kier alpha value is -3.96. The molecule has 0 N–H and O–H groups in total. The van der Waals surface area contributed by atoms with Crippen LogP contribution in [0.5, 0.6) is 0 Å². The van der Waals surface area contributed by atoms with Crippen LogP contribution in [0.3, 0.4) is 0 Å². The van der Waals surface area contributed by atoms with Gasteiger partial charge in [0, 0.05) is 12.8 Å². The predicted molar refractivity (Wildman–Crippen MR) is 265 cm³/mol. The van der Waals surface area contributed by atoms with Gasteiger partial charge in [0.2, 0.25) is 0 Å². The van der Waals surface area contributed by atoms with Crippen molar-refractivity contribution < 1.29 is 23.8 Å². The van der Waals surface area contributed by atoms with Crippen LogP contribution in [-0.2, 0) is 29.4 Å². The van der Waals surface area contributed by atoms with E-state index >= 15 is 0 Å². The number of hydrogen-bond donors (Lipinski definition) is 0. The van der Waals surface area contributed by atoms with E-state index in [1.807, 2.05) is 54.6 Å². The van der Waals surface area contributed by atoms with Gasteiger partial charge in [-0.15, -0.1) is 0 Å². The van der Waals surface area contributed by atoms with Crippen LogP contribution in [0, 0.1) is 0 Å². The molecule has 0 amide bonds. The van der Waals surface area contributed by atoms with E-state index < -0.39 is 11.7 Å². The summed E-state index contributed by atoms with van der Waals surface area (Å²) in [6.45, 7) is 4.53. The van der Waals surface area contributed by atoms with Crippen molar-refractivity contribution in [3.63, 3.8) is 0 Å². The van der Waals surface area contributed by atoms with E-state index in [0.29, 0.717) is 12.8 Å². The molecule has 0 fully saturated rings. The highest BCUT2D eigenvalue weighted by atomic mass is 16.6. The molecule has 63 heavy (non-hydrogen) atoms. The Kier molecular flexibility index (Phi) is 30.8. The number of benzene rings is 3. The minimum atomic E-state index is -0.980. The zero-order valence-corrected chi connectivity index (χ0v) is 39.8. The fraction of sp³-hybridized carbons (Fsp3) is 0.586. The minimum Gasteiger partial charge on any atom is -0.462 e. The number of unbranched alkanes of at least 4 members (excludes halogenated alkanes) is 22. The third kappa shape index (κ3) is 24.1. The van der Waals surface area contributed by atoms with Crippen molar-refractivity contribution >= 4 is 11.9 Å². The average Bonchev–Trinajstić information content (AvgIpc) is 3.31. The summed E-state index contributed by atoms with van der Waals surface area (Å²) in [5.74, 6) is -0.530. The van der Waals surface area contributed by atoms with Crippen molar-refractivity contribution in [2.75, 3.05) is 13.2 Å². The number of hydrogen-bond acceptors (Lipinski definition) is 5. The maximum absolute atomic E-state index is 13.4. The Morgan fingerprint density at radius 3 is 1.25 bits per heavy atom. The quantitative estimate of drug-likeness (QED) is 0.0247. The number of ether oxygens (including phenoxy) is 3. The summed E-state index contributed by atoms with van der Waals surface area (Å²) >= 11 is 0. The highest BCUT2D eigenvalue weighted by molar-refractivity contribution is 5.70. The van der Waals surface area contributed by atoms with E-state index in [-0.39, 0.29) is 25.2 Å². The summed E-state index contributed by atoms with van der Waals surface area (Å²) in [5.41, 5.74) is 1.90. The van der Waals surface area contributed by atoms with Crippen LogP contribution in [0.25, 0.3) is 0 Å². The van der Waals surface area contributed by atoms with Crippen LogP contribution in [-0.4, -0.2) is 31.3 Å². The van der Waals surface area contributed by atoms with Gasteiger partial charge in [0.05, 0.1) is 6.61 Å². The first-order chi connectivity index (χ1) is 31.1. The van der Waals surface area contributed by atoms with Crippen LogP contribution in [0.15, 0.2) is 115 Å². The summed E-state index contributed by atoms with van der Waals surface area (Å²) < 4.78 is 19.0. The second-order valence-electron chi connectivity index (χ2n) is 17.6. The first-order valence-electron chi connectivity index (χ1n) is 25.6. The first kappa shape index (κ1) is 53.4. The van der Waals surface area contributed by atoms with Gasteiger partial charge in [0.25, 0.3) is 0 Å². The molecule has 3 rings (SSSR count). The second-order valence-corrected chi connectivity index (χ2v) is 17.6. The number of carbonyl (C=O) groups excluding carboxylic acids is 2. The van der Waals surface area contributed by atoms with E-state index in [4.69, 9.17) is 14.2 Å². The Balaban J connectivity index is 1.49. The van der Waals surface area contributed by atoms with Gasteiger partial charge in [-0.05, 0) is 61.6 Å². The van der Waals surface area contributed by atoms with Crippen molar-refractivity contribution in [2.45, 2.75) is 205 Å². The van der Waals surface area contributed by atoms with Crippen LogP contribution in [0.1, 0.15) is 210 Å². The molecule has 5 heteroatoms. The van der Waals surface area contributed by atoms with Crippen molar-refractivity contribution in [3.8, 4) is 0 Å². The predicted octanol–water partition coefficient (Wildman–Crippen LogP) is 16.5. The lowest BCUT2D eigenvalue weighted by atomic mass is 9.80. The van der Waals surface area contributed by atoms with Gasteiger partial charge >= 0.3 is 11.9 Å². The molecule has 348 valence electrons. The largest absolute Gasteiger partial charge is 0.462 e. The maximum Gasteiger partial charge on any atom is 0.306 e. The number of carbonyl (C=O) groups is 2. The third-order valence-corrected chi connectivity index (χ3v) is 12.1. The normalized spacial score (nSPS) is 12.3. The third-order valence-electron chi connectivity index (χ3n) is 12.1. The monoisotopic (exact) mass is 863 g/mol. The highest BCUT2D eigenvalue weighted by Crippen LogP contribution is 2.40. The van der Waals surface area contributed by atoms with E-state index in [1.54, 1.807) is 0 Å². The SMILES string of the molecule is CCCCC/C=C\C/C=C\CCCCCCCC(=O)O[C@H](COC(=O)CCCCCCCCCCCCCCCCC)COC(c1ccccc1)(c1ccccc1)c1ccccc1. The molecule has 5 nitrogen and oxygen atoms in total. The van der Waals surface area contributed by atoms with E-state index in [0.717, 1.165) is 80.9 Å². The van der Waals surface area contributed by atoms with Gasteiger partial charge in [-0.1, -0.05) is 251 Å². The van der Waals surface area contributed by atoms with Crippen molar-refractivity contribution in [1.29, 1.82) is 0 Å². The van der Waals surface area contributed by atoms with Crippen molar-refractivity contribution in [3.05, 3.63) is 132 Å². The van der Waals surface area contributed by atoms with Gasteiger partial charge in [-0.25, -0.2) is 0 Å². The topological polar surface area (TPSA) is 61.8 Å². The lowest BCUT2D eigenvalue weighted by Crippen LogP contribution is -2.38. The van der Waals surface area contributed by atoms with Crippen molar-refractivity contribution in [1.82, 2.24) is 0 Å². The van der Waals surface area contributed by atoms with Gasteiger partial charge in [-0.2, -0.15) is 0 Å². The maximum atomic E-state index is 13.4. The summed E-state index contributed by atoms with van der Waals surface area (Å²) in [5, 5.41) is 0. The van der Waals surface area contributed by atoms with E-state index in [1.165, 1.54) is 103 Å². The molecule has 0 heterocycles. The second kappa shape index (κ2) is 36.4. The number of allylic oxidation sites excluding steroid dienone is 4. The fourth-order valence-corrected chi connectivity index (χ4v) is 8.33. The van der Waals surface area contributed by atoms with Gasteiger partial charge in [0.15, 0.2) is 6.10 Å². The molecule has 0 aliphatic carbocycles. The zero-order chi connectivity index (χ0) is 44.7. The molecule has 3 aromatic carbocycles. The molecule has 0 spiro atoms. The highest BCUT2D eigenvalue weighted by Gasteiger charge is 2.38. The molecule has 0 unspecified atom stereocenters. The summed E-state index contributed by atoms with van der Waals surface area (Å²) in [6.07, 6.45) is 40.6. The lowest BCUT2D eigenvalue weighted by molar-refractivity contribution is -0.165. The van der Waals surface area contributed by atoms with E-state index in [2.05, 4.69) is 74.5 Å². The van der Waals surface area contributed by atoms with Gasteiger partial charge in [0.1, 0.15) is 12.2 Å². The summed E-state index contributed by atoms with van der Waals surface area (Å²) in [6, 6.07) is 30.5. The average molecular weight is 863 g/mol. The van der Waals surface area contributed by atoms with Crippen LogP contribution in [0.2, 0.25) is 0 Å². The summed E-state index contributed by atoms with van der Waals surface area (Å²) in [7, 11) is 0. The first-order valence-corrected chi connectivity index (χ1v) is 25.6. The molecule has 0 saturated carbocycles. The molecule has 0 aromatic heterocycles. The van der Waals surface area contributed by atoms with Crippen LogP contribution < -0.4 is 0 Å². The molecular weight excluding hydrogens is 777 g/mol. The molecule has 0 bridgehead atoms. The van der Waals surface area contributed by atoms with Crippen molar-refractivity contribution in [2.24, 2.45) is 0 Å². The van der Waals surface area contributed by atoms with Crippen LogP contribution in [0.4, 0.5) is 0 Å². The van der Waals surface area contributed by atoms with Gasteiger partial charge in [-0.3, -0.25) is 9.59 Å². The number of esters is 2. The minimum absolute atomic E-state index is 0.0417. The van der Waals surface area contributed by atoms with Gasteiger partial charge < -0.3 is 14.2 Å². The Morgan fingerprint density at radius 1 is 0.444 bits per heavy atom. The molecular formula is C58H86O5. The smallest absolute Gasteiger partial charge is 0.306 e. The lowest BCUT2D eigenvalue weighted by Gasteiger charge is -2.37. The van der Waals surface area contributed by atoms with Crippen LogP contribution >= 0.6 is 0 Å². The molecule has 0 saturated heterocycles. The standard InChI is InChI=1S/C58H86O5/c1-3-5-7-9-11-13-15-17-19-21-23-25-27-29-40-48-56(59)61-50-55(63-57(60)49-41-30-28-26-24-22-20-18-16-14-12-10-8-6-4-2)51-62-58(52-42-34-31-35-43-52,53-44-36-32-37-45-53)54-46-38-33-39-47-54/h12,14,18,20,31-39,42-47,55H,3-11,13,15-17,19,21-30,40-41,48-51H2,1-2H3/b14-12-,20-18-/t55-/m1/s1. The number of rotatable bonds is 39. The molecule has 0 radical (unpaired) electrons. The summed E-state index contributed by atoms with van der Waals surface area (Å²) in [4.78, 5) is 26.4. The molecule has 0 aliphatic rings. The molecule has 1 atom stereocenters. The van der Waals surface area contributed by atoms with E-state index in [9.17, 15) is 9.59 Å². The molecule has 3 aromatic rings. The Labute approximate surface area is 384 Å². The Bertz CT molecular complexity index is 1490. The zero-order valence-electron chi connectivity index (χ0n) is 39.8. The fourth-order valence-electron chi connectivity index (χ4n) is 8.33. The molecule has 0 aliphatic heterocycles.